The standard InChI is InChI=1S/C22H48S/c1-5-9-11-13-15-17-19-21-23(7-3,8-4)22-20-18-16-14-12-10-6-2/h5-22H2,1-4H3. The second-order valence-electron chi connectivity index (χ2n) is 7.45. The first-order chi connectivity index (χ1) is 11.2. The van der Waals surface area contributed by atoms with Crippen LogP contribution < -0.4 is 0 Å². The fraction of sp³-hybridized carbons (Fsp3) is 1.00. The molecule has 0 aliphatic heterocycles. The summed E-state index contributed by atoms with van der Waals surface area (Å²) in [5, 5.41) is 0. The summed E-state index contributed by atoms with van der Waals surface area (Å²) in [6.07, 6.45) is 20.5. The molecule has 0 fully saturated rings. The first-order valence-electron chi connectivity index (χ1n) is 11.0. The van der Waals surface area contributed by atoms with E-state index in [0.717, 1.165) is 0 Å². The summed E-state index contributed by atoms with van der Waals surface area (Å²) in [5.74, 6) is 6.11. The van der Waals surface area contributed by atoms with Gasteiger partial charge in [-0.2, -0.15) is 0 Å². The van der Waals surface area contributed by atoms with E-state index in [1.54, 1.807) is 11.5 Å². The highest BCUT2D eigenvalue weighted by Crippen LogP contribution is 2.49. The molecular formula is C22H48S. The Bertz CT molecular complexity index is 200. The van der Waals surface area contributed by atoms with Crippen LogP contribution in [0.5, 0.6) is 0 Å². The topological polar surface area (TPSA) is 0 Å². The Morgan fingerprint density at radius 2 is 0.696 bits per heavy atom. The quantitative estimate of drug-likeness (QED) is 0.219. The molecule has 0 bridgehead atoms. The fourth-order valence-electron chi connectivity index (χ4n) is 3.61. The molecule has 142 valence electrons. The van der Waals surface area contributed by atoms with Crippen molar-refractivity contribution in [1.29, 1.82) is 0 Å². The number of unbranched alkanes of at least 4 members (excludes halogenated alkanes) is 12. The van der Waals surface area contributed by atoms with Crippen LogP contribution in [-0.4, -0.2) is 23.0 Å². The van der Waals surface area contributed by atoms with Crippen molar-refractivity contribution in [2.75, 3.05) is 23.0 Å². The zero-order valence-corrected chi connectivity index (χ0v) is 18.0. The molecule has 0 radical (unpaired) electrons. The maximum Gasteiger partial charge on any atom is -0.0228 e. The SMILES string of the molecule is CCCCCCCCCS(CC)(CC)CCCCCCCCC. The largest absolute Gasteiger partial charge is 0.241 e. The molecule has 0 saturated carbocycles. The average molecular weight is 345 g/mol. The Labute approximate surface area is 150 Å². The highest BCUT2D eigenvalue weighted by Gasteiger charge is 2.18. The summed E-state index contributed by atoms with van der Waals surface area (Å²) in [6.45, 7) is 9.57. The zero-order valence-electron chi connectivity index (χ0n) is 17.1. The predicted molar refractivity (Wildman–Crippen MR) is 114 cm³/mol. The molecule has 0 saturated heterocycles. The van der Waals surface area contributed by atoms with E-state index in [2.05, 4.69) is 27.7 Å². The minimum absolute atomic E-state index is 0.267. The fourth-order valence-corrected chi connectivity index (χ4v) is 7.01. The van der Waals surface area contributed by atoms with E-state index < -0.39 is 0 Å². The van der Waals surface area contributed by atoms with Gasteiger partial charge in [-0.25, -0.2) is 10.0 Å². The molecule has 0 aromatic carbocycles. The van der Waals surface area contributed by atoms with Crippen LogP contribution in [0, 0.1) is 0 Å². The van der Waals surface area contributed by atoms with E-state index in [4.69, 9.17) is 0 Å². The van der Waals surface area contributed by atoms with E-state index in [-0.39, 0.29) is 10.0 Å². The van der Waals surface area contributed by atoms with Crippen LogP contribution in [-0.2, 0) is 0 Å². The van der Waals surface area contributed by atoms with Crippen LogP contribution in [0.2, 0.25) is 0 Å². The second kappa shape index (κ2) is 17.2. The van der Waals surface area contributed by atoms with Crippen molar-refractivity contribution in [2.24, 2.45) is 0 Å². The highest BCUT2D eigenvalue weighted by molar-refractivity contribution is 8.33. The summed E-state index contributed by atoms with van der Waals surface area (Å²) in [6, 6.07) is 0. The van der Waals surface area contributed by atoms with Crippen LogP contribution in [0.15, 0.2) is 0 Å². The first-order valence-corrected chi connectivity index (χ1v) is 13.3. The number of hydrogen-bond acceptors (Lipinski definition) is 0. The third-order valence-electron chi connectivity index (χ3n) is 5.59. The number of hydrogen-bond donors (Lipinski definition) is 0. The molecule has 0 nitrogen and oxygen atoms in total. The lowest BCUT2D eigenvalue weighted by Gasteiger charge is -2.39. The molecule has 0 aromatic rings. The Morgan fingerprint density at radius 1 is 0.391 bits per heavy atom. The van der Waals surface area contributed by atoms with Gasteiger partial charge >= 0.3 is 0 Å². The van der Waals surface area contributed by atoms with E-state index in [9.17, 15) is 0 Å². The summed E-state index contributed by atoms with van der Waals surface area (Å²) < 4.78 is 0. The van der Waals surface area contributed by atoms with Crippen molar-refractivity contribution < 1.29 is 0 Å². The Balaban J connectivity index is 3.74. The van der Waals surface area contributed by atoms with Gasteiger partial charge in [-0.05, 0) is 35.9 Å². The molecule has 0 spiro atoms. The van der Waals surface area contributed by atoms with Crippen molar-refractivity contribution in [3.63, 3.8) is 0 Å². The maximum atomic E-state index is 2.47. The highest BCUT2D eigenvalue weighted by atomic mass is 32.3. The Morgan fingerprint density at radius 3 is 1.00 bits per heavy atom. The molecule has 0 unspecified atom stereocenters. The van der Waals surface area contributed by atoms with Gasteiger partial charge in [0.15, 0.2) is 0 Å². The van der Waals surface area contributed by atoms with Gasteiger partial charge in [-0.3, -0.25) is 0 Å². The lowest BCUT2D eigenvalue weighted by Crippen LogP contribution is -2.15. The lowest BCUT2D eigenvalue weighted by molar-refractivity contribution is 0.600. The van der Waals surface area contributed by atoms with Crippen molar-refractivity contribution in [3.05, 3.63) is 0 Å². The molecule has 0 aliphatic rings. The summed E-state index contributed by atoms with van der Waals surface area (Å²) in [5.41, 5.74) is 0. The van der Waals surface area contributed by atoms with E-state index >= 15 is 0 Å². The van der Waals surface area contributed by atoms with E-state index in [0.29, 0.717) is 0 Å². The van der Waals surface area contributed by atoms with Crippen LogP contribution in [0.4, 0.5) is 0 Å². The third-order valence-corrected chi connectivity index (χ3v) is 10.3. The van der Waals surface area contributed by atoms with Crippen molar-refractivity contribution >= 4 is 10.0 Å². The Kier molecular flexibility index (Phi) is 17.4. The molecule has 0 amide bonds. The minimum atomic E-state index is -0.267. The van der Waals surface area contributed by atoms with Gasteiger partial charge in [0.25, 0.3) is 0 Å². The van der Waals surface area contributed by atoms with Crippen molar-refractivity contribution in [1.82, 2.24) is 0 Å². The van der Waals surface area contributed by atoms with Gasteiger partial charge < -0.3 is 0 Å². The van der Waals surface area contributed by atoms with Crippen LogP contribution in [0.25, 0.3) is 0 Å². The summed E-state index contributed by atoms with van der Waals surface area (Å²) >= 11 is 0. The minimum Gasteiger partial charge on any atom is -0.241 e. The normalized spacial score (nSPS) is 12.7. The summed E-state index contributed by atoms with van der Waals surface area (Å²) in [4.78, 5) is 0. The molecule has 0 aromatic heterocycles. The van der Waals surface area contributed by atoms with Crippen LogP contribution >= 0.6 is 10.0 Å². The van der Waals surface area contributed by atoms with Gasteiger partial charge in [0, 0.05) is 0 Å². The molecule has 0 atom stereocenters. The summed E-state index contributed by atoms with van der Waals surface area (Å²) in [7, 11) is -0.267. The second-order valence-corrected chi connectivity index (χ2v) is 11.9. The monoisotopic (exact) mass is 344 g/mol. The van der Waals surface area contributed by atoms with Gasteiger partial charge in [0.05, 0.1) is 0 Å². The molecule has 0 N–H and O–H groups in total. The van der Waals surface area contributed by atoms with Gasteiger partial charge in [0.1, 0.15) is 0 Å². The zero-order chi connectivity index (χ0) is 17.2. The van der Waals surface area contributed by atoms with Crippen molar-refractivity contribution in [3.8, 4) is 0 Å². The van der Waals surface area contributed by atoms with Gasteiger partial charge in [-0.1, -0.05) is 105 Å². The van der Waals surface area contributed by atoms with E-state index in [1.165, 1.54) is 101 Å². The molecule has 1 heteroatoms. The van der Waals surface area contributed by atoms with Crippen LogP contribution in [0.3, 0.4) is 0 Å². The smallest absolute Gasteiger partial charge is 0.0228 e. The van der Waals surface area contributed by atoms with Gasteiger partial charge in [0.2, 0.25) is 0 Å². The van der Waals surface area contributed by atoms with Crippen molar-refractivity contribution in [2.45, 2.75) is 118 Å². The molecule has 0 aliphatic carbocycles. The first kappa shape index (κ1) is 23.4. The predicted octanol–water partition coefficient (Wildman–Crippen LogP) is 8.33. The molecular weight excluding hydrogens is 296 g/mol. The molecule has 0 heterocycles. The van der Waals surface area contributed by atoms with E-state index in [1.807, 2.05) is 0 Å². The lowest BCUT2D eigenvalue weighted by atomic mass is 10.1. The van der Waals surface area contributed by atoms with Crippen LogP contribution in [0.1, 0.15) is 118 Å². The van der Waals surface area contributed by atoms with Gasteiger partial charge in [-0.15, -0.1) is 0 Å². The molecule has 0 rings (SSSR count). The molecule has 23 heavy (non-hydrogen) atoms. The third kappa shape index (κ3) is 13.3. The Hall–Kier alpha value is 0.350. The maximum absolute atomic E-state index is 2.47. The number of rotatable bonds is 18. The average Bonchev–Trinajstić information content (AvgIpc) is 2.58.